The van der Waals surface area contributed by atoms with Gasteiger partial charge in [0.1, 0.15) is 23.9 Å². The Labute approximate surface area is 136 Å². The summed E-state index contributed by atoms with van der Waals surface area (Å²) in [6.45, 7) is -0.312. The summed E-state index contributed by atoms with van der Waals surface area (Å²) in [7, 11) is 0. The molecule has 0 fully saturated rings. The lowest BCUT2D eigenvalue weighted by Gasteiger charge is -2.08. The molecule has 0 aliphatic carbocycles. The van der Waals surface area contributed by atoms with Crippen LogP contribution in [0.1, 0.15) is 5.56 Å². The molecule has 0 bridgehead atoms. The average molecular weight is 321 g/mol. The molecule has 3 aromatic rings. The van der Waals surface area contributed by atoms with Gasteiger partial charge in [-0.1, -0.05) is 18.2 Å². The number of hydrogen-bond donors (Lipinski definition) is 0. The topological polar surface area (TPSA) is 103 Å². The lowest BCUT2D eigenvalue weighted by Crippen LogP contribution is -2.18. The number of esters is 1. The molecule has 0 amide bonds. The number of nitriles is 1. The van der Waals surface area contributed by atoms with Crippen molar-refractivity contribution in [1.29, 1.82) is 5.26 Å². The van der Waals surface area contributed by atoms with Gasteiger partial charge < -0.3 is 9.47 Å². The first kappa shape index (κ1) is 15.2. The third kappa shape index (κ3) is 3.53. The fourth-order valence-corrected chi connectivity index (χ4v) is 1.95. The van der Waals surface area contributed by atoms with Crippen LogP contribution in [0.3, 0.4) is 0 Å². The van der Waals surface area contributed by atoms with Crippen LogP contribution in [0.2, 0.25) is 0 Å². The molecule has 2 aromatic carbocycles. The first-order valence-corrected chi connectivity index (χ1v) is 6.92. The van der Waals surface area contributed by atoms with Crippen molar-refractivity contribution in [2.75, 3.05) is 6.61 Å². The number of aromatic nitrogens is 4. The molecule has 118 valence electrons. The predicted octanol–water partition coefficient (Wildman–Crippen LogP) is 1.52. The predicted molar refractivity (Wildman–Crippen MR) is 81.4 cm³/mol. The molecule has 0 aliphatic heterocycles. The van der Waals surface area contributed by atoms with E-state index in [1.807, 2.05) is 6.07 Å². The van der Waals surface area contributed by atoms with Crippen LogP contribution in [-0.4, -0.2) is 32.8 Å². The van der Waals surface area contributed by atoms with E-state index in [0.29, 0.717) is 22.7 Å². The minimum atomic E-state index is -0.586. The van der Waals surface area contributed by atoms with Gasteiger partial charge in [0.15, 0.2) is 6.61 Å². The fourth-order valence-electron chi connectivity index (χ4n) is 1.95. The summed E-state index contributed by atoms with van der Waals surface area (Å²) in [5, 5.41) is 19.8. The molecule has 0 N–H and O–H groups in total. The van der Waals surface area contributed by atoms with Crippen molar-refractivity contribution in [3.63, 3.8) is 0 Å². The average Bonchev–Trinajstić information content (AvgIpc) is 3.15. The monoisotopic (exact) mass is 321 g/mol. The van der Waals surface area contributed by atoms with Gasteiger partial charge in [0.05, 0.1) is 11.3 Å². The molecule has 0 unspecified atom stereocenters. The van der Waals surface area contributed by atoms with Crippen LogP contribution in [0.4, 0.5) is 0 Å². The normalized spacial score (nSPS) is 9.96. The Bertz CT molecular complexity index is 887. The van der Waals surface area contributed by atoms with Gasteiger partial charge in [-0.15, -0.1) is 5.10 Å². The molecule has 24 heavy (non-hydrogen) atoms. The number of carbonyl (C=O) groups is 1. The van der Waals surface area contributed by atoms with Crippen LogP contribution < -0.4 is 9.47 Å². The van der Waals surface area contributed by atoms with E-state index in [2.05, 4.69) is 15.5 Å². The van der Waals surface area contributed by atoms with E-state index in [1.54, 1.807) is 48.5 Å². The molecular formula is C16H11N5O3. The lowest BCUT2D eigenvalue weighted by atomic mass is 10.2. The summed E-state index contributed by atoms with van der Waals surface area (Å²) in [5.74, 6) is 0.0844. The maximum Gasteiger partial charge on any atom is 0.349 e. The van der Waals surface area contributed by atoms with Gasteiger partial charge in [0.25, 0.3) is 0 Å². The Kier molecular flexibility index (Phi) is 4.44. The van der Waals surface area contributed by atoms with Crippen LogP contribution in [0.15, 0.2) is 54.9 Å². The van der Waals surface area contributed by atoms with Crippen molar-refractivity contribution in [1.82, 2.24) is 20.2 Å². The summed E-state index contributed by atoms with van der Waals surface area (Å²) in [6, 6.07) is 15.4. The van der Waals surface area contributed by atoms with Gasteiger partial charge in [0, 0.05) is 6.07 Å². The largest absolute Gasteiger partial charge is 0.481 e. The number of rotatable bonds is 5. The van der Waals surface area contributed by atoms with Crippen molar-refractivity contribution in [3.8, 4) is 23.3 Å². The number of carbonyl (C=O) groups excluding carboxylic acids is 1. The zero-order chi connectivity index (χ0) is 16.8. The highest BCUT2D eigenvalue weighted by atomic mass is 16.6. The van der Waals surface area contributed by atoms with Gasteiger partial charge in [-0.3, -0.25) is 0 Å². The highest BCUT2D eigenvalue weighted by Crippen LogP contribution is 2.18. The second-order valence-corrected chi connectivity index (χ2v) is 4.62. The molecular weight excluding hydrogens is 310 g/mol. The van der Waals surface area contributed by atoms with Crippen molar-refractivity contribution in [2.24, 2.45) is 0 Å². The molecule has 1 heterocycles. The first-order chi connectivity index (χ1) is 11.8. The standard InChI is InChI=1S/C16H11N5O3/c17-9-12-4-1-2-7-15(12)23-10-16(22)24-14-6-3-5-13(8-14)21-11-18-19-20-21/h1-8,11H,10H2. The van der Waals surface area contributed by atoms with Crippen molar-refractivity contribution in [3.05, 3.63) is 60.4 Å². The van der Waals surface area contributed by atoms with E-state index in [9.17, 15) is 4.79 Å². The van der Waals surface area contributed by atoms with Crippen molar-refractivity contribution >= 4 is 5.97 Å². The van der Waals surface area contributed by atoms with Crippen LogP contribution in [0.25, 0.3) is 5.69 Å². The number of tetrazole rings is 1. The van der Waals surface area contributed by atoms with Gasteiger partial charge in [-0.05, 0) is 34.7 Å². The summed E-state index contributed by atoms with van der Waals surface area (Å²) in [6.07, 6.45) is 1.43. The van der Waals surface area contributed by atoms with Crippen molar-refractivity contribution in [2.45, 2.75) is 0 Å². The molecule has 0 aliphatic rings. The highest BCUT2D eigenvalue weighted by Gasteiger charge is 2.09. The summed E-state index contributed by atoms with van der Waals surface area (Å²) in [5.41, 5.74) is 1.01. The SMILES string of the molecule is N#Cc1ccccc1OCC(=O)Oc1cccc(-n2cnnn2)c1. The Balaban J connectivity index is 1.63. The summed E-state index contributed by atoms with van der Waals surface area (Å²) < 4.78 is 12.0. The van der Waals surface area contributed by atoms with Gasteiger partial charge in [-0.2, -0.15) is 5.26 Å². The number of benzene rings is 2. The Morgan fingerprint density at radius 1 is 1.21 bits per heavy atom. The van der Waals surface area contributed by atoms with E-state index in [1.165, 1.54) is 11.0 Å². The van der Waals surface area contributed by atoms with E-state index in [-0.39, 0.29) is 6.61 Å². The van der Waals surface area contributed by atoms with Crippen LogP contribution in [-0.2, 0) is 4.79 Å². The molecule has 0 radical (unpaired) electrons. The molecule has 3 rings (SSSR count). The Morgan fingerprint density at radius 3 is 2.88 bits per heavy atom. The number of hydrogen-bond acceptors (Lipinski definition) is 7. The minimum absolute atomic E-state index is 0.312. The molecule has 8 nitrogen and oxygen atoms in total. The third-order valence-corrected chi connectivity index (χ3v) is 3.02. The van der Waals surface area contributed by atoms with E-state index < -0.39 is 5.97 Å². The Hall–Kier alpha value is -3.73. The maximum absolute atomic E-state index is 11.9. The van der Waals surface area contributed by atoms with E-state index in [4.69, 9.17) is 14.7 Å². The fraction of sp³-hybridized carbons (Fsp3) is 0.0625. The quantitative estimate of drug-likeness (QED) is 0.518. The van der Waals surface area contributed by atoms with Gasteiger partial charge in [0.2, 0.25) is 0 Å². The van der Waals surface area contributed by atoms with E-state index >= 15 is 0 Å². The zero-order valence-electron chi connectivity index (χ0n) is 12.4. The second-order valence-electron chi connectivity index (χ2n) is 4.62. The molecule has 0 spiro atoms. The van der Waals surface area contributed by atoms with Crippen LogP contribution in [0, 0.1) is 11.3 Å². The smallest absolute Gasteiger partial charge is 0.349 e. The lowest BCUT2D eigenvalue weighted by molar-refractivity contribution is -0.136. The number of nitrogens with zero attached hydrogens (tertiary/aromatic N) is 5. The second kappa shape index (κ2) is 7.02. The van der Waals surface area contributed by atoms with Crippen LogP contribution in [0.5, 0.6) is 11.5 Å². The Morgan fingerprint density at radius 2 is 2.08 bits per heavy atom. The number of ether oxygens (including phenoxy) is 2. The highest BCUT2D eigenvalue weighted by molar-refractivity contribution is 5.74. The van der Waals surface area contributed by atoms with E-state index in [0.717, 1.165) is 0 Å². The van der Waals surface area contributed by atoms with Crippen LogP contribution >= 0.6 is 0 Å². The maximum atomic E-state index is 11.9. The van der Waals surface area contributed by atoms with Gasteiger partial charge >= 0.3 is 5.97 Å². The summed E-state index contributed by atoms with van der Waals surface area (Å²) in [4.78, 5) is 11.9. The third-order valence-electron chi connectivity index (χ3n) is 3.02. The summed E-state index contributed by atoms with van der Waals surface area (Å²) >= 11 is 0. The van der Waals surface area contributed by atoms with Gasteiger partial charge in [-0.25, -0.2) is 9.48 Å². The molecule has 0 saturated heterocycles. The first-order valence-electron chi connectivity index (χ1n) is 6.92. The molecule has 1 aromatic heterocycles. The zero-order valence-corrected chi connectivity index (χ0v) is 12.4. The molecule has 0 atom stereocenters. The van der Waals surface area contributed by atoms with Crippen molar-refractivity contribution < 1.29 is 14.3 Å². The molecule has 0 saturated carbocycles. The number of para-hydroxylation sites is 1. The minimum Gasteiger partial charge on any atom is -0.481 e. The molecule has 8 heteroatoms.